The molecule has 4 N–H and O–H groups in total. The zero-order chi connectivity index (χ0) is 12.7. The monoisotopic (exact) mass is 231 g/mol. The number of hydrogen-bond donors (Lipinski definition) is 3. The lowest BCUT2D eigenvalue weighted by molar-refractivity contribution is 0.252. The van der Waals surface area contributed by atoms with Crippen molar-refractivity contribution in [2.24, 2.45) is 5.73 Å². The van der Waals surface area contributed by atoms with Crippen molar-refractivity contribution in [3.8, 4) is 11.8 Å². The molecule has 0 saturated carbocycles. The molecule has 1 aromatic rings. The molecule has 1 rings (SSSR count). The molecule has 0 bridgehead atoms. The highest BCUT2D eigenvalue weighted by atomic mass is 16.2. The zero-order valence-corrected chi connectivity index (χ0v) is 10.1. The molecule has 0 fully saturated rings. The van der Waals surface area contributed by atoms with E-state index >= 15 is 0 Å². The number of anilines is 1. The summed E-state index contributed by atoms with van der Waals surface area (Å²) in [6.07, 6.45) is 0. The second-order valence-electron chi connectivity index (χ2n) is 3.54. The molecule has 0 heterocycles. The predicted molar refractivity (Wildman–Crippen MR) is 69.8 cm³/mol. The topological polar surface area (TPSA) is 67.2 Å². The first-order valence-electron chi connectivity index (χ1n) is 5.51. The second kappa shape index (κ2) is 6.56. The molecule has 1 aromatic carbocycles. The van der Waals surface area contributed by atoms with Crippen molar-refractivity contribution >= 4 is 11.7 Å². The summed E-state index contributed by atoms with van der Waals surface area (Å²) in [7, 11) is 0. The number of aryl methyl sites for hydroxylation is 1. The number of carbonyl (C=O) groups excluding carboxylic acids is 1. The van der Waals surface area contributed by atoms with E-state index in [4.69, 9.17) is 5.73 Å². The van der Waals surface area contributed by atoms with E-state index in [1.807, 2.05) is 32.0 Å². The van der Waals surface area contributed by atoms with Gasteiger partial charge < -0.3 is 16.4 Å². The number of nitrogens with two attached hydrogens (primary N) is 1. The maximum absolute atomic E-state index is 11.4. The minimum Gasteiger partial charge on any atom is -0.338 e. The van der Waals surface area contributed by atoms with E-state index in [1.54, 1.807) is 0 Å². The first kappa shape index (κ1) is 13.1. The Morgan fingerprint density at radius 2 is 2.24 bits per heavy atom. The number of urea groups is 1. The van der Waals surface area contributed by atoms with Crippen molar-refractivity contribution in [3.63, 3.8) is 0 Å². The number of carbonyl (C=O) groups is 1. The van der Waals surface area contributed by atoms with Gasteiger partial charge in [-0.05, 0) is 31.5 Å². The van der Waals surface area contributed by atoms with Gasteiger partial charge in [0.2, 0.25) is 0 Å². The Morgan fingerprint density at radius 3 is 2.88 bits per heavy atom. The van der Waals surface area contributed by atoms with Crippen molar-refractivity contribution in [3.05, 3.63) is 29.3 Å². The van der Waals surface area contributed by atoms with E-state index in [-0.39, 0.29) is 6.03 Å². The van der Waals surface area contributed by atoms with Crippen molar-refractivity contribution in [1.82, 2.24) is 5.32 Å². The van der Waals surface area contributed by atoms with Crippen molar-refractivity contribution in [2.75, 3.05) is 18.4 Å². The van der Waals surface area contributed by atoms with Gasteiger partial charge in [0.05, 0.1) is 12.2 Å². The molecule has 17 heavy (non-hydrogen) atoms. The highest BCUT2D eigenvalue weighted by Gasteiger charge is 2.04. The van der Waals surface area contributed by atoms with Crippen LogP contribution in [0.2, 0.25) is 0 Å². The van der Waals surface area contributed by atoms with Crippen LogP contribution in [0.5, 0.6) is 0 Å². The molecule has 90 valence electrons. The van der Waals surface area contributed by atoms with Crippen molar-refractivity contribution in [2.45, 2.75) is 13.8 Å². The lowest BCUT2D eigenvalue weighted by Crippen LogP contribution is -2.28. The van der Waals surface area contributed by atoms with Crippen LogP contribution in [0.3, 0.4) is 0 Å². The van der Waals surface area contributed by atoms with E-state index < -0.39 is 0 Å². The van der Waals surface area contributed by atoms with E-state index in [2.05, 4.69) is 22.5 Å². The third-order valence-electron chi connectivity index (χ3n) is 2.09. The summed E-state index contributed by atoms with van der Waals surface area (Å²) in [6.45, 7) is 4.73. The minimum atomic E-state index is -0.229. The maximum atomic E-state index is 11.4. The number of nitrogens with one attached hydrogen (secondary N) is 2. The third-order valence-corrected chi connectivity index (χ3v) is 2.09. The fraction of sp³-hybridized carbons (Fsp3) is 0.308. The number of rotatable bonds is 2. The molecule has 4 nitrogen and oxygen atoms in total. The summed E-state index contributed by atoms with van der Waals surface area (Å²) in [5.41, 5.74) is 7.91. The average molecular weight is 231 g/mol. The number of hydrogen-bond acceptors (Lipinski definition) is 2. The number of amides is 2. The molecule has 0 aromatic heterocycles. The van der Waals surface area contributed by atoms with E-state index in [0.717, 1.165) is 11.1 Å². The Balaban J connectivity index is 2.94. The van der Waals surface area contributed by atoms with E-state index in [1.165, 1.54) is 0 Å². The molecule has 0 aliphatic heterocycles. The van der Waals surface area contributed by atoms with Gasteiger partial charge in [-0.3, -0.25) is 0 Å². The van der Waals surface area contributed by atoms with Gasteiger partial charge in [-0.1, -0.05) is 17.9 Å². The molecular weight excluding hydrogens is 214 g/mol. The summed E-state index contributed by atoms with van der Waals surface area (Å²) >= 11 is 0. The van der Waals surface area contributed by atoms with E-state index in [9.17, 15) is 4.79 Å². The van der Waals surface area contributed by atoms with Crippen LogP contribution in [-0.4, -0.2) is 19.1 Å². The zero-order valence-electron chi connectivity index (χ0n) is 10.1. The first-order valence-corrected chi connectivity index (χ1v) is 5.51. The Morgan fingerprint density at radius 1 is 1.47 bits per heavy atom. The molecule has 0 aliphatic carbocycles. The van der Waals surface area contributed by atoms with Gasteiger partial charge in [0.25, 0.3) is 0 Å². The summed E-state index contributed by atoms with van der Waals surface area (Å²) in [5.74, 6) is 5.73. The highest BCUT2D eigenvalue weighted by molar-refractivity contribution is 5.90. The molecule has 0 unspecified atom stereocenters. The molecule has 2 amide bonds. The van der Waals surface area contributed by atoms with Crippen LogP contribution in [0.25, 0.3) is 0 Å². The van der Waals surface area contributed by atoms with Gasteiger partial charge in [0.1, 0.15) is 0 Å². The third kappa shape index (κ3) is 4.17. The molecule has 4 heteroatoms. The summed E-state index contributed by atoms with van der Waals surface area (Å²) in [4.78, 5) is 11.4. The summed E-state index contributed by atoms with van der Waals surface area (Å²) in [6, 6.07) is 5.46. The second-order valence-corrected chi connectivity index (χ2v) is 3.54. The average Bonchev–Trinajstić information content (AvgIpc) is 2.30. The Kier molecular flexibility index (Phi) is 5.05. The van der Waals surface area contributed by atoms with Crippen LogP contribution < -0.4 is 16.4 Å². The van der Waals surface area contributed by atoms with Gasteiger partial charge in [-0.15, -0.1) is 0 Å². The van der Waals surface area contributed by atoms with Gasteiger partial charge in [0, 0.05) is 12.1 Å². The summed E-state index contributed by atoms with van der Waals surface area (Å²) in [5, 5.41) is 5.42. The molecular formula is C13H17N3O. The summed E-state index contributed by atoms with van der Waals surface area (Å²) < 4.78 is 0. The van der Waals surface area contributed by atoms with Gasteiger partial charge in [-0.2, -0.15) is 0 Å². The first-order chi connectivity index (χ1) is 8.17. The molecule has 0 saturated heterocycles. The van der Waals surface area contributed by atoms with Crippen LogP contribution in [0.1, 0.15) is 18.1 Å². The van der Waals surface area contributed by atoms with Crippen LogP contribution in [0.15, 0.2) is 18.2 Å². The van der Waals surface area contributed by atoms with Gasteiger partial charge in [-0.25, -0.2) is 4.79 Å². The molecule has 0 aliphatic rings. The fourth-order valence-electron chi connectivity index (χ4n) is 1.34. The van der Waals surface area contributed by atoms with Gasteiger partial charge >= 0.3 is 6.03 Å². The van der Waals surface area contributed by atoms with Crippen LogP contribution in [-0.2, 0) is 0 Å². The largest absolute Gasteiger partial charge is 0.338 e. The van der Waals surface area contributed by atoms with Crippen LogP contribution in [0, 0.1) is 18.8 Å². The molecule has 0 atom stereocenters. The fourth-order valence-corrected chi connectivity index (χ4v) is 1.34. The number of benzene rings is 1. The lowest BCUT2D eigenvalue weighted by atomic mass is 10.1. The van der Waals surface area contributed by atoms with Gasteiger partial charge in [0.15, 0.2) is 0 Å². The normalized spacial score (nSPS) is 9.12. The van der Waals surface area contributed by atoms with Crippen LogP contribution >= 0.6 is 0 Å². The SMILES string of the molecule is CCNC(=O)Nc1ccc(C)cc1C#CCN. The highest BCUT2D eigenvalue weighted by Crippen LogP contribution is 2.16. The van der Waals surface area contributed by atoms with Crippen molar-refractivity contribution in [1.29, 1.82) is 0 Å². The molecule has 0 radical (unpaired) electrons. The van der Waals surface area contributed by atoms with Crippen molar-refractivity contribution < 1.29 is 4.79 Å². The predicted octanol–water partition coefficient (Wildman–Crippen LogP) is 1.45. The Labute approximate surface area is 102 Å². The Bertz CT molecular complexity index is 457. The van der Waals surface area contributed by atoms with Crippen LogP contribution in [0.4, 0.5) is 10.5 Å². The minimum absolute atomic E-state index is 0.229. The standard InChI is InChI=1S/C13H17N3O/c1-3-15-13(17)16-12-7-6-10(2)9-11(12)5-4-8-14/h6-7,9H,3,8,14H2,1-2H3,(H2,15,16,17). The maximum Gasteiger partial charge on any atom is 0.319 e. The van der Waals surface area contributed by atoms with E-state index in [0.29, 0.717) is 18.8 Å². The molecule has 0 spiro atoms. The quantitative estimate of drug-likeness (QED) is 0.674. The Hall–Kier alpha value is -1.99. The lowest BCUT2D eigenvalue weighted by Gasteiger charge is -2.08. The smallest absolute Gasteiger partial charge is 0.319 e.